The lowest BCUT2D eigenvalue weighted by molar-refractivity contribution is -0.115. The fourth-order valence-corrected chi connectivity index (χ4v) is 3.28. The second-order valence-electron chi connectivity index (χ2n) is 7.43. The van der Waals surface area contributed by atoms with E-state index in [9.17, 15) is 14.4 Å². The Morgan fingerprint density at radius 2 is 2.09 bits per heavy atom. The van der Waals surface area contributed by atoms with Crippen molar-refractivity contribution < 1.29 is 19.1 Å². The molecule has 0 unspecified atom stereocenters. The third-order valence-corrected chi connectivity index (χ3v) is 5.02. The van der Waals surface area contributed by atoms with Gasteiger partial charge in [-0.25, -0.2) is 9.78 Å². The fraction of sp³-hybridized carbons (Fsp3) is 0.190. The maximum atomic E-state index is 12.8. The van der Waals surface area contributed by atoms with E-state index >= 15 is 0 Å². The molecule has 0 radical (unpaired) electrons. The van der Waals surface area contributed by atoms with Crippen molar-refractivity contribution in [1.82, 2.24) is 25.2 Å². The number of methoxy groups -OCH3 is 1. The van der Waals surface area contributed by atoms with Crippen molar-refractivity contribution in [2.45, 2.75) is 18.9 Å². The van der Waals surface area contributed by atoms with Gasteiger partial charge in [0.05, 0.1) is 13.3 Å². The smallest absolute Gasteiger partial charge is 0.326 e. The summed E-state index contributed by atoms with van der Waals surface area (Å²) in [5, 5.41) is 15.1. The van der Waals surface area contributed by atoms with Crippen LogP contribution in [0.4, 0.5) is 16.4 Å². The molecule has 4 N–H and O–H groups in total. The van der Waals surface area contributed by atoms with E-state index in [1.54, 1.807) is 41.0 Å². The van der Waals surface area contributed by atoms with Gasteiger partial charge < -0.3 is 20.7 Å². The van der Waals surface area contributed by atoms with Gasteiger partial charge in [-0.1, -0.05) is 6.07 Å². The zero-order valence-electron chi connectivity index (χ0n) is 17.0. The van der Waals surface area contributed by atoms with Gasteiger partial charge in [0.2, 0.25) is 0 Å². The number of carbonyl (C=O) groups is 3. The lowest BCUT2D eigenvalue weighted by Gasteiger charge is -2.11. The molecule has 0 bridgehead atoms. The number of carbonyl (C=O) groups excluding carboxylic acids is 3. The van der Waals surface area contributed by atoms with E-state index in [2.05, 4.69) is 31.3 Å². The molecule has 162 valence electrons. The van der Waals surface area contributed by atoms with Gasteiger partial charge in [0.15, 0.2) is 5.65 Å². The first-order valence-corrected chi connectivity index (χ1v) is 9.95. The van der Waals surface area contributed by atoms with Crippen LogP contribution in [0.25, 0.3) is 11.7 Å². The molecule has 0 atom stereocenters. The number of benzene rings is 1. The number of amides is 4. The maximum absolute atomic E-state index is 12.8. The van der Waals surface area contributed by atoms with E-state index in [0.717, 1.165) is 12.8 Å². The van der Waals surface area contributed by atoms with Crippen LogP contribution in [0.3, 0.4) is 0 Å². The Labute approximate surface area is 181 Å². The monoisotopic (exact) mass is 433 g/mol. The topological polar surface area (TPSA) is 139 Å². The van der Waals surface area contributed by atoms with Crippen molar-refractivity contribution in [3.63, 3.8) is 0 Å². The summed E-state index contributed by atoms with van der Waals surface area (Å²) in [5.41, 5.74) is 1.44. The standard InChI is InChI=1S/C21H19N7O4/c1-32-14-4-2-3-11(7-14)19(29)26-16-9-17(23-13-5-6-13)28-18(25-16)12(10-22-28)8-15-20(30)27-21(31)24-15/h2-4,7-10,13,23H,5-6H2,1H3,(H,25,26,29)(H2,24,27,30,31)/b15-8-. The number of fused-ring (bicyclic) bond motifs is 1. The second-order valence-corrected chi connectivity index (χ2v) is 7.43. The number of rotatable bonds is 6. The lowest BCUT2D eigenvalue weighted by Crippen LogP contribution is -2.22. The molecule has 2 fully saturated rings. The molecule has 1 aliphatic carbocycles. The molecule has 2 aliphatic rings. The van der Waals surface area contributed by atoms with E-state index in [1.165, 1.54) is 13.2 Å². The first-order chi connectivity index (χ1) is 15.5. The van der Waals surface area contributed by atoms with Crippen LogP contribution in [0.5, 0.6) is 5.75 Å². The quantitative estimate of drug-likeness (QED) is 0.343. The van der Waals surface area contributed by atoms with Crippen LogP contribution < -0.4 is 26.0 Å². The van der Waals surface area contributed by atoms with Crippen LogP contribution in [-0.4, -0.2) is 45.6 Å². The van der Waals surface area contributed by atoms with Gasteiger partial charge in [-0.2, -0.15) is 9.61 Å². The van der Waals surface area contributed by atoms with E-state index < -0.39 is 11.9 Å². The van der Waals surface area contributed by atoms with Gasteiger partial charge in [-0.05, 0) is 37.1 Å². The van der Waals surface area contributed by atoms with Gasteiger partial charge in [0, 0.05) is 23.2 Å². The molecule has 0 spiro atoms. The number of imide groups is 1. The summed E-state index contributed by atoms with van der Waals surface area (Å²) in [4.78, 5) is 40.6. The predicted molar refractivity (Wildman–Crippen MR) is 115 cm³/mol. The highest BCUT2D eigenvalue weighted by atomic mass is 16.5. The van der Waals surface area contributed by atoms with Crippen molar-refractivity contribution in [2.75, 3.05) is 17.7 Å². The normalized spacial score (nSPS) is 16.7. The zero-order valence-corrected chi connectivity index (χ0v) is 17.0. The van der Waals surface area contributed by atoms with Crippen LogP contribution >= 0.6 is 0 Å². The van der Waals surface area contributed by atoms with Crippen molar-refractivity contribution in [1.29, 1.82) is 0 Å². The molecule has 32 heavy (non-hydrogen) atoms. The van der Waals surface area contributed by atoms with Crippen molar-refractivity contribution in [2.24, 2.45) is 0 Å². The summed E-state index contributed by atoms with van der Waals surface area (Å²) < 4.78 is 6.78. The number of aromatic nitrogens is 3. The Balaban J connectivity index is 1.52. The highest BCUT2D eigenvalue weighted by Crippen LogP contribution is 2.28. The summed E-state index contributed by atoms with van der Waals surface area (Å²) in [6.07, 6.45) is 5.11. The molecule has 5 rings (SSSR count). The molecular formula is C21H19N7O4. The van der Waals surface area contributed by atoms with Crippen LogP contribution in [0.2, 0.25) is 0 Å². The average molecular weight is 433 g/mol. The Kier molecular flexibility index (Phi) is 4.70. The number of nitrogens with zero attached hydrogens (tertiary/aromatic N) is 3. The lowest BCUT2D eigenvalue weighted by atomic mass is 10.2. The van der Waals surface area contributed by atoms with Gasteiger partial charge in [-0.15, -0.1) is 0 Å². The van der Waals surface area contributed by atoms with E-state index in [0.29, 0.717) is 40.2 Å². The van der Waals surface area contributed by atoms with Crippen molar-refractivity contribution in [3.8, 4) is 5.75 Å². The van der Waals surface area contributed by atoms with Crippen LogP contribution in [0.1, 0.15) is 28.8 Å². The first-order valence-electron chi connectivity index (χ1n) is 9.95. The number of hydrogen-bond donors (Lipinski definition) is 4. The minimum absolute atomic E-state index is 0.0919. The minimum atomic E-state index is -0.590. The third-order valence-electron chi connectivity index (χ3n) is 5.02. The summed E-state index contributed by atoms with van der Waals surface area (Å²) in [5.74, 6) is 0.656. The number of ether oxygens (including phenoxy) is 1. The Morgan fingerprint density at radius 1 is 1.25 bits per heavy atom. The van der Waals surface area contributed by atoms with E-state index in [-0.39, 0.29) is 11.6 Å². The molecular weight excluding hydrogens is 414 g/mol. The molecule has 1 saturated heterocycles. The number of hydrogen-bond acceptors (Lipinski definition) is 7. The van der Waals surface area contributed by atoms with Crippen molar-refractivity contribution >= 4 is 41.2 Å². The summed E-state index contributed by atoms with van der Waals surface area (Å²) in [6.45, 7) is 0. The molecule has 2 aromatic heterocycles. The molecule has 11 heteroatoms. The molecule has 1 aromatic carbocycles. The van der Waals surface area contributed by atoms with Crippen LogP contribution in [0, 0.1) is 0 Å². The Hall–Kier alpha value is -4.41. The second kappa shape index (κ2) is 7.69. The number of anilines is 2. The highest BCUT2D eigenvalue weighted by molar-refractivity contribution is 6.14. The Bertz CT molecular complexity index is 1290. The molecule has 11 nitrogen and oxygen atoms in total. The van der Waals surface area contributed by atoms with Crippen LogP contribution in [-0.2, 0) is 4.79 Å². The molecule has 3 aromatic rings. The molecule has 1 saturated carbocycles. The average Bonchev–Trinajstić information content (AvgIpc) is 3.42. The number of nitrogens with one attached hydrogen (secondary N) is 4. The predicted octanol–water partition coefficient (Wildman–Crippen LogP) is 1.74. The first kappa shape index (κ1) is 19.5. The number of urea groups is 1. The summed E-state index contributed by atoms with van der Waals surface area (Å²) >= 11 is 0. The third kappa shape index (κ3) is 3.83. The highest BCUT2D eigenvalue weighted by Gasteiger charge is 2.25. The maximum Gasteiger partial charge on any atom is 0.326 e. The van der Waals surface area contributed by atoms with Gasteiger partial charge in [0.1, 0.15) is 23.1 Å². The SMILES string of the molecule is COc1cccc(C(=O)Nc2cc(NC3CC3)n3ncc(/C=C4\NC(=O)NC4=O)c3n2)c1. The largest absolute Gasteiger partial charge is 0.497 e. The zero-order chi connectivity index (χ0) is 22.2. The fourth-order valence-electron chi connectivity index (χ4n) is 3.28. The van der Waals surface area contributed by atoms with Crippen LogP contribution in [0.15, 0.2) is 42.2 Å². The van der Waals surface area contributed by atoms with Gasteiger partial charge in [0.25, 0.3) is 11.8 Å². The molecule has 3 heterocycles. The molecule has 4 amide bonds. The summed E-state index contributed by atoms with van der Waals surface area (Å²) in [7, 11) is 1.53. The Morgan fingerprint density at radius 3 is 2.81 bits per heavy atom. The van der Waals surface area contributed by atoms with Crippen molar-refractivity contribution in [3.05, 3.63) is 53.4 Å². The summed E-state index contributed by atoms with van der Waals surface area (Å²) in [6, 6.07) is 8.23. The van der Waals surface area contributed by atoms with Gasteiger partial charge >= 0.3 is 6.03 Å². The molecule has 1 aliphatic heterocycles. The minimum Gasteiger partial charge on any atom is -0.497 e. The van der Waals surface area contributed by atoms with E-state index in [1.807, 2.05) is 0 Å². The van der Waals surface area contributed by atoms with Gasteiger partial charge in [-0.3, -0.25) is 14.9 Å². The van der Waals surface area contributed by atoms with E-state index in [4.69, 9.17) is 4.74 Å².